The van der Waals surface area contributed by atoms with Gasteiger partial charge in [0, 0.05) is 12.6 Å². The minimum Gasteiger partial charge on any atom is -0.480 e. The number of carboxylic acids is 1. The van der Waals surface area contributed by atoms with E-state index in [1.807, 2.05) is 6.92 Å². The zero-order valence-corrected chi connectivity index (χ0v) is 11.2. The van der Waals surface area contributed by atoms with E-state index in [1.165, 1.54) is 0 Å². The molecule has 9 heteroatoms. The van der Waals surface area contributed by atoms with Gasteiger partial charge in [-0.15, -0.1) is 0 Å². The van der Waals surface area contributed by atoms with Crippen molar-refractivity contribution in [3.8, 4) is 0 Å². The van der Waals surface area contributed by atoms with Crippen molar-refractivity contribution in [2.24, 2.45) is 5.14 Å². The Morgan fingerprint density at radius 1 is 1.44 bits per heavy atom. The van der Waals surface area contributed by atoms with Crippen molar-refractivity contribution in [1.29, 1.82) is 0 Å². The molecule has 18 heavy (non-hydrogen) atoms. The molecule has 0 saturated carbocycles. The molecule has 0 spiro atoms. The van der Waals surface area contributed by atoms with Crippen LogP contribution >= 0.6 is 0 Å². The Morgan fingerprint density at radius 2 is 2.00 bits per heavy atom. The summed E-state index contributed by atoms with van der Waals surface area (Å²) >= 11 is 0. The zero-order valence-electron chi connectivity index (χ0n) is 10.4. The number of rotatable bonds is 7. The van der Waals surface area contributed by atoms with Crippen LogP contribution in [-0.2, 0) is 14.8 Å². The fourth-order valence-electron chi connectivity index (χ4n) is 1.20. The standard InChI is InChI=1S/C9H19N3O5S/c1-3-7(2)12(6-8(13)14)9(15)11-4-5-18(10,16)17/h7H,3-6H2,1-2H3,(H,11,15)(H,13,14)(H2,10,16,17). The molecular weight excluding hydrogens is 262 g/mol. The molecule has 0 fully saturated rings. The monoisotopic (exact) mass is 281 g/mol. The minimum atomic E-state index is -3.64. The average molecular weight is 281 g/mol. The average Bonchev–Trinajstić information content (AvgIpc) is 2.22. The van der Waals surface area contributed by atoms with Crippen LogP contribution in [-0.4, -0.2) is 55.3 Å². The van der Waals surface area contributed by atoms with Crippen LogP contribution in [0.3, 0.4) is 0 Å². The minimum absolute atomic E-state index is 0.149. The highest BCUT2D eigenvalue weighted by molar-refractivity contribution is 7.89. The van der Waals surface area contributed by atoms with Gasteiger partial charge in [0.05, 0.1) is 5.75 Å². The molecule has 4 N–H and O–H groups in total. The molecule has 0 aromatic heterocycles. The van der Waals surface area contributed by atoms with Gasteiger partial charge in [-0.25, -0.2) is 18.4 Å². The Balaban J connectivity index is 4.43. The van der Waals surface area contributed by atoms with Crippen molar-refractivity contribution in [1.82, 2.24) is 10.2 Å². The second-order valence-electron chi connectivity index (χ2n) is 3.88. The van der Waals surface area contributed by atoms with Crippen LogP contribution in [0, 0.1) is 0 Å². The van der Waals surface area contributed by atoms with E-state index in [1.54, 1.807) is 6.92 Å². The quantitative estimate of drug-likeness (QED) is 0.560. The number of hydrogen-bond donors (Lipinski definition) is 3. The molecule has 0 saturated heterocycles. The summed E-state index contributed by atoms with van der Waals surface area (Å²) in [5.41, 5.74) is 0. The number of carbonyl (C=O) groups excluding carboxylic acids is 1. The van der Waals surface area contributed by atoms with Crippen molar-refractivity contribution in [2.75, 3.05) is 18.8 Å². The van der Waals surface area contributed by atoms with E-state index in [4.69, 9.17) is 10.2 Å². The lowest BCUT2D eigenvalue weighted by Gasteiger charge is -2.26. The Kier molecular flexibility index (Phi) is 6.63. The number of aliphatic carboxylic acids is 1. The number of nitrogens with two attached hydrogens (primary N) is 1. The highest BCUT2D eigenvalue weighted by Gasteiger charge is 2.21. The van der Waals surface area contributed by atoms with E-state index in [-0.39, 0.29) is 18.3 Å². The summed E-state index contributed by atoms with van der Waals surface area (Å²) in [4.78, 5) is 23.4. The molecule has 8 nitrogen and oxygen atoms in total. The summed E-state index contributed by atoms with van der Waals surface area (Å²) in [6, 6.07) is -0.869. The molecule has 1 atom stereocenters. The number of hydrogen-bond acceptors (Lipinski definition) is 4. The summed E-state index contributed by atoms with van der Waals surface area (Å²) in [5.74, 6) is -1.52. The largest absolute Gasteiger partial charge is 0.480 e. The third-order valence-corrected chi connectivity index (χ3v) is 3.13. The van der Waals surface area contributed by atoms with Gasteiger partial charge in [-0.05, 0) is 13.3 Å². The van der Waals surface area contributed by atoms with E-state index in [9.17, 15) is 18.0 Å². The highest BCUT2D eigenvalue weighted by Crippen LogP contribution is 2.03. The molecule has 0 aliphatic rings. The molecule has 0 aliphatic heterocycles. The summed E-state index contributed by atoms with van der Waals surface area (Å²) < 4.78 is 21.3. The molecule has 0 heterocycles. The Hall–Kier alpha value is -1.35. The van der Waals surface area contributed by atoms with Crippen LogP contribution in [0.5, 0.6) is 0 Å². The first-order chi connectivity index (χ1) is 8.17. The van der Waals surface area contributed by atoms with Gasteiger partial charge in [0.2, 0.25) is 10.0 Å². The van der Waals surface area contributed by atoms with Gasteiger partial charge in [0.15, 0.2) is 0 Å². The predicted molar refractivity (Wildman–Crippen MR) is 65.5 cm³/mol. The van der Waals surface area contributed by atoms with Gasteiger partial charge in [0.25, 0.3) is 0 Å². The van der Waals surface area contributed by atoms with E-state index in [0.717, 1.165) is 4.90 Å². The number of nitrogens with one attached hydrogen (secondary N) is 1. The van der Waals surface area contributed by atoms with Crippen LogP contribution in [0.2, 0.25) is 0 Å². The third kappa shape index (κ3) is 7.07. The second-order valence-corrected chi connectivity index (χ2v) is 5.61. The van der Waals surface area contributed by atoms with Crippen LogP contribution < -0.4 is 10.5 Å². The van der Waals surface area contributed by atoms with Gasteiger partial charge in [-0.2, -0.15) is 0 Å². The van der Waals surface area contributed by atoms with E-state index < -0.39 is 28.6 Å². The number of nitrogens with zero attached hydrogens (tertiary/aromatic N) is 1. The predicted octanol–water partition coefficient (Wildman–Crippen LogP) is -0.830. The first kappa shape index (κ1) is 16.6. The molecule has 0 bridgehead atoms. The van der Waals surface area contributed by atoms with E-state index >= 15 is 0 Å². The molecule has 0 radical (unpaired) electrons. The van der Waals surface area contributed by atoms with Crippen LogP contribution in [0.15, 0.2) is 0 Å². The van der Waals surface area contributed by atoms with Crippen LogP contribution in [0.1, 0.15) is 20.3 Å². The fraction of sp³-hybridized carbons (Fsp3) is 0.778. The normalized spacial score (nSPS) is 12.8. The molecule has 2 amide bonds. The Morgan fingerprint density at radius 3 is 2.39 bits per heavy atom. The summed E-state index contributed by atoms with van der Waals surface area (Å²) in [6.07, 6.45) is 0.593. The van der Waals surface area contributed by atoms with Crippen LogP contribution in [0.4, 0.5) is 4.79 Å². The smallest absolute Gasteiger partial charge is 0.323 e. The lowest BCUT2D eigenvalue weighted by atomic mass is 10.2. The maximum atomic E-state index is 11.7. The van der Waals surface area contributed by atoms with Crippen molar-refractivity contribution in [3.63, 3.8) is 0 Å². The Bertz CT molecular complexity index is 395. The van der Waals surface area contributed by atoms with Crippen molar-refractivity contribution < 1.29 is 23.1 Å². The summed E-state index contributed by atoms with van der Waals surface area (Å²) in [5, 5.41) is 15.8. The first-order valence-corrected chi connectivity index (χ1v) is 7.15. The number of primary sulfonamides is 1. The number of carbonyl (C=O) groups is 2. The van der Waals surface area contributed by atoms with Crippen molar-refractivity contribution in [3.05, 3.63) is 0 Å². The lowest BCUT2D eigenvalue weighted by Crippen LogP contribution is -2.48. The zero-order chi connectivity index (χ0) is 14.3. The lowest BCUT2D eigenvalue weighted by molar-refractivity contribution is -0.138. The summed E-state index contributed by atoms with van der Waals surface area (Å²) in [7, 11) is -3.64. The van der Waals surface area contributed by atoms with Crippen LogP contribution in [0.25, 0.3) is 0 Å². The Labute approximate surface area is 106 Å². The number of carboxylic acid groups (broad SMARTS) is 1. The van der Waals surface area contributed by atoms with Gasteiger partial charge < -0.3 is 15.3 Å². The van der Waals surface area contributed by atoms with Crippen molar-refractivity contribution >= 4 is 22.0 Å². The molecule has 0 aromatic rings. The third-order valence-electron chi connectivity index (χ3n) is 2.35. The first-order valence-electron chi connectivity index (χ1n) is 5.44. The number of sulfonamides is 1. The van der Waals surface area contributed by atoms with E-state index in [2.05, 4.69) is 5.32 Å². The van der Waals surface area contributed by atoms with Gasteiger partial charge in [-0.1, -0.05) is 6.92 Å². The maximum Gasteiger partial charge on any atom is 0.323 e. The van der Waals surface area contributed by atoms with E-state index in [0.29, 0.717) is 6.42 Å². The number of urea groups is 1. The molecule has 0 aromatic carbocycles. The fourth-order valence-corrected chi connectivity index (χ4v) is 1.58. The molecular formula is C9H19N3O5S. The summed E-state index contributed by atoms with van der Waals surface area (Å²) in [6.45, 7) is 2.94. The highest BCUT2D eigenvalue weighted by atomic mass is 32.2. The topological polar surface area (TPSA) is 130 Å². The van der Waals surface area contributed by atoms with Gasteiger partial charge in [-0.3, -0.25) is 4.79 Å². The maximum absolute atomic E-state index is 11.7. The van der Waals surface area contributed by atoms with Crippen molar-refractivity contribution in [2.45, 2.75) is 26.3 Å². The van der Waals surface area contributed by atoms with Gasteiger partial charge >= 0.3 is 12.0 Å². The molecule has 0 rings (SSSR count). The molecule has 1 unspecified atom stereocenters. The second kappa shape index (κ2) is 7.17. The van der Waals surface area contributed by atoms with Gasteiger partial charge in [0.1, 0.15) is 6.54 Å². The molecule has 106 valence electrons. The SMILES string of the molecule is CCC(C)N(CC(=O)O)C(=O)NCCS(N)(=O)=O. The molecule has 0 aliphatic carbocycles. The number of amides is 2.